The third kappa shape index (κ3) is 2.94. The minimum atomic E-state index is 0.769. The predicted molar refractivity (Wildman–Crippen MR) is 80.6 cm³/mol. The van der Waals surface area contributed by atoms with Crippen molar-refractivity contribution >= 4 is 21.6 Å². The molecule has 0 saturated heterocycles. The van der Waals surface area contributed by atoms with Gasteiger partial charge in [0, 0.05) is 16.6 Å². The minimum Gasteiger partial charge on any atom is -0.380 e. The summed E-state index contributed by atoms with van der Waals surface area (Å²) in [7, 11) is 0. The zero-order chi connectivity index (χ0) is 13.0. The Morgan fingerprint density at radius 2 is 1.94 bits per heavy atom. The highest BCUT2D eigenvalue weighted by Crippen LogP contribution is 2.25. The second kappa shape index (κ2) is 5.75. The molecule has 2 heteroatoms. The van der Waals surface area contributed by atoms with Gasteiger partial charge in [-0.05, 0) is 30.2 Å². The molecule has 0 unspecified atom stereocenters. The maximum Gasteiger partial charge on any atom is 0.0513 e. The third-order valence-corrected chi connectivity index (χ3v) is 3.63. The van der Waals surface area contributed by atoms with Crippen molar-refractivity contribution in [1.82, 2.24) is 0 Å². The van der Waals surface area contributed by atoms with Gasteiger partial charge in [-0.2, -0.15) is 0 Å². The Morgan fingerprint density at radius 3 is 2.61 bits per heavy atom. The van der Waals surface area contributed by atoms with Crippen LogP contribution < -0.4 is 5.32 Å². The van der Waals surface area contributed by atoms with E-state index in [4.69, 9.17) is 6.42 Å². The minimum absolute atomic E-state index is 0.769. The van der Waals surface area contributed by atoms with E-state index in [-0.39, 0.29) is 0 Å². The van der Waals surface area contributed by atoms with E-state index in [0.717, 1.165) is 27.8 Å². The van der Waals surface area contributed by atoms with Gasteiger partial charge in [0.15, 0.2) is 0 Å². The van der Waals surface area contributed by atoms with Crippen molar-refractivity contribution in [3.63, 3.8) is 0 Å². The predicted octanol–water partition coefficient (Wildman–Crippen LogP) is 4.35. The third-order valence-electron chi connectivity index (χ3n) is 2.78. The first-order valence-corrected chi connectivity index (χ1v) is 6.54. The van der Waals surface area contributed by atoms with Crippen LogP contribution in [0.5, 0.6) is 0 Å². The van der Waals surface area contributed by atoms with E-state index >= 15 is 0 Å². The molecule has 0 aliphatic carbocycles. The second-order valence-corrected chi connectivity index (χ2v) is 4.98. The van der Waals surface area contributed by atoms with Gasteiger partial charge in [0.2, 0.25) is 0 Å². The molecule has 1 nitrogen and oxygen atoms in total. The fraction of sp³-hybridized carbons (Fsp3) is 0.125. The molecule has 0 aliphatic rings. The summed E-state index contributed by atoms with van der Waals surface area (Å²) in [5.41, 5.74) is 4.26. The van der Waals surface area contributed by atoms with E-state index in [2.05, 4.69) is 39.3 Å². The number of hydrogen-bond acceptors (Lipinski definition) is 1. The largest absolute Gasteiger partial charge is 0.380 e. The van der Waals surface area contributed by atoms with Gasteiger partial charge in [-0.1, -0.05) is 52.2 Å². The van der Waals surface area contributed by atoms with Crippen LogP contribution in [0.25, 0.3) is 0 Å². The Labute approximate surface area is 116 Å². The van der Waals surface area contributed by atoms with Crippen LogP contribution in [-0.2, 0) is 6.54 Å². The number of rotatable bonds is 3. The van der Waals surface area contributed by atoms with Crippen molar-refractivity contribution in [3.05, 3.63) is 63.6 Å². The van der Waals surface area contributed by atoms with Crippen LogP contribution in [0.1, 0.15) is 16.7 Å². The number of halogens is 1. The molecule has 0 saturated carbocycles. The van der Waals surface area contributed by atoms with E-state index in [1.54, 1.807) is 0 Å². The van der Waals surface area contributed by atoms with Gasteiger partial charge in [-0.15, -0.1) is 6.42 Å². The molecule has 0 aliphatic heterocycles. The average Bonchev–Trinajstić information content (AvgIpc) is 2.41. The molecule has 90 valence electrons. The highest BCUT2D eigenvalue weighted by atomic mass is 79.9. The van der Waals surface area contributed by atoms with Gasteiger partial charge >= 0.3 is 0 Å². The van der Waals surface area contributed by atoms with Crippen molar-refractivity contribution < 1.29 is 0 Å². The van der Waals surface area contributed by atoms with Crippen molar-refractivity contribution in [2.24, 2.45) is 0 Å². The lowest BCUT2D eigenvalue weighted by Gasteiger charge is -2.11. The van der Waals surface area contributed by atoms with Gasteiger partial charge in [-0.3, -0.25) is 0 Å². The van der Waals surface area contributed by atoms with Gasteiger partial charge < -0.3 is 5.32 Å². The summed E-state index contributed by atoms with van der Waals surface area (Å²) in [5.74, 6) is 2.72. The first-order valence-electron chi connectivity index (χ1n) is 5.75. The smallest absolute Gasteiger partial charge is 0.0513 e. The molecular formula is C16H14BrN. The molecule has 2 aromatic rings. The fourth-order valence-electron chi connectivity index (χ4n) is 1.74. The second-order valence-electron chi connectivity index (χ2n) is 4.13. The van der Waals surface area contributed by atoms with Gasteiger partial charge in [0.1, 0.15) is 0 Å². The molecule has 18 heavy (non-hydrogen) atoms. The molecule has 0 fully saturated rings. The molecule has 0 spiro atoms. The van der Waals surface area contributed by atoms with E-state index in [1.807, 2.05) is 37.3 Å². The quantitative estimate of drug-likeness (QED) is 0.831. The molecule has 0 aromatic heterocycles. The molecule has 2 rings (SSSR count). The summed E-state index contributed by atoms with van der Waals surface area (Å²) >= 11 is 3.53. The summed E-state index contributed by atoms with van der Waals surface area (Å²) in [6.45, 7) is 2.80. The lowest BCUT2D eigenvalue weighted by Crippen LogP contribution is -2.01. The summed E-state index contributed by atoms with van der Waals surface area (Å²) < 4.78 is 1.07. The van der Waals surface area contributed by atoms with E-state index < -0.39 is 0 Å². The Morgan fingerprint density at radius 1 is 1.22 bits per heavy atom. The Kier molecular flexibility index (Phi) is 4.07. The number of aryl methyl sites for hydroxylation is 1. The zero-order valence-electron chi connectivity index (χ0n) is 10.2. The number of benzene rings is 2. The summed E-state index contributed by atoms with van der Waals surface area (Å²) in [5, 5.41) is 3.38. The number of hydrogen-bond donors (Lipinski definition) is 1. The maximum absolute atomic E-state index is 5.53. The van der Waals surface area contributed by atoms with Crippen LogP contribution in [0.4, 0.5) is 5.69 Å². The first kappa shape index (κ1) is 12.7. The lowest BCUT2D eigenvalue weighted by atomic mass is 10.1. The van der Waals surface area contributed by atoms with Crippen LogP contribution >= 0.6 is 15.9 Å². The normalized spacial score (nSPS) is 9.83. The van der Waals surface area contributed by atoms with E-state index in [0.29, 0.717) is 0 Å². The van der Waals surface area contributed by atoms with Crippen LogP contribution in [0.15, 0.2) is 46.9 Å². The Balaban J connectivity index is 2.19. The van der Waals surface area contributed by atoms with E-state index in [1.165, 1.54) is 5.56 Å². The van der Waals surface area contributed by atoms with Crippen LogP contribution in [-0.4, -0.2) is 0 Å². The molecule has 0 amide bonds. The molecule has 0 heterocycles. The van der Waals surface area contributed by atoms with Gasteiger partial charge in [0.05, 0.1) is 5.69 Å². The number of nitrogens with one attached hydrogen (secondary N) is 1. The van der Waals surface area contributed by atoms with Crippen molar-refractivity contribution in [2.45, 2.75) is 13.5 Å². The molecule has 0 atom stereocenters. The number of terminal acetylenes is 1. The van der Waals surface area contributed by atoms with E-state index in [9.17, 15) is 0 Å². The van der Waals surface area contributed by atoms with Gasteiger partial charge in [0.25, 0.3) is 0 Å². The standard InChI is InChI=1S/C16H14BrN/c1-3-14-9-12(2)15(17)10-16(14)18-11-13-7-5-4-6-8-13/h1,4-10,18H,11H2,2H3. The van der Waals surface area contributed by atoms with Crippen LogP contribution in [0.2, 0.25) is 0 Å². The summed E-state index contributed by atoms with van der Waals surface area (Å²) in [6.07, 6.45) is 5.53. The van der Waals surface area contributed by atoms with Crippen LogP contribution in [0, 0.1) is 19.3 Å². The topological polar surface area (TPSA) is 12.0 Å². The molecule has 1 N–H and O–H groups in total. The highest BCUT2D eigenvalue weighted by Gasteiger charge is 2.04. The first-order chi connectivity index (χ1) is 8.70. The zero-order valence-corrected chi connectivity index (χ0v) is 11.8. The fourth-order valence-corrected chi connectivity index (χ4v) is 2.08. The summed E-state index contributed by atoms with van der Waals surface area (Å²) in [6, 6.07) is 14.3. The summed E-state index contributed by atoms with van der Waals surface area (Å²) in [4.78, 5) is 0. The van der Waals surface area contributed by atoms with Crippen molar-refractivity contribution in [3.8, 4) is 12.3 Å². The maximum atomic E-state index is 5.53. The van der Waals surface area contributed by atoms with Crippen molar-refractivity contribution in [1.29, 1.82) is 0 Å². The van der Waals surface area contributed by atoms with Gasteiger partial charge in [-0.25, -0.2) is 0 Å². The lowest BCUT2D eigenvalue weighted by molar-refractivity contribution is 1.14. The highest BCUT2D eigenvalue weighted by molar-refractivity contribution is 9.10. The molecule has 0 radical (unpaired) electrons. The monoisotopic (exact) mass is 299 g/mol. The number of anilines is 1. The molecular weight excluding hydrogens is 286 g/mol. The Hall–Kier alpha value is -1.72. The van der Waals surface area contributed by atoms with Crippen LogP contribution in [0.3, 0.4) is 0 Å². The Bertz CT molecular complexity index is 582. The average molecular weight is 300 g/mol. The molecule has 0 bridgehead atoms. The molecule has 2 aromatic carbocycles. The van der Waals surface area contributed by atoms with Crippen molar-refractivity contribution in [2.75, 3.05) is 5.32 Å². The SMILES string of the molecule is C#Cc1cc(C)c(Br)cc1NCc1ccccc1.